The first kappa shape index (κ1) is 32.0. The summed E-state index contributed by atoms with van der Waals surface area (Å²) in [4.78, 5) is 11.7. The Kier molecular flexibility index (Phi) is 11.6. The van der Waals surface area contributed by atoms with Crippen LogP contribution >= 0.6 is 0 Å². The van der Waals surface area contributed by atoms with Crippen LogP contribution in [0.25, 0.3) is 0 Å². The van der Waals surface area contributed by atoms with Gasteiger partial charge >= 0.3 is 5.97 Å². The van der Waals surface area contributed by atoms with Gasteiger partial charge in [0.05, 0.1) is 7.11 Å². The van der Waals surface area contributed by atoms with Crippen LogP contribution in [0.4, 0.5) is 0 Å². The fraction of sp³-hybridized carbons (Fsp3) is 0.531. The third-order valence-corrected chi connectivity index (χ3v) is 17.1. The maximum atomic E-state index is 11.7. The van der Waals surface area contributed by atoms with Crippen molar-refractivity contribution in [2.45, 2.75) is 96.5 Å². The summed E-state index contributed by atoms with van der Waals surface area (Å²) in [6, 6.07) is 21.5. The van der Waals surface area contributed by atoms with Crippen molar-refractivity contribution >= 4 is 33.0 Å². The van der Waals surface area contributed by atoms with Crippen LogP contribution in [-0.2, 0) is 18.4 Å². The second-order valence-electron chi connectivity index (χ2n) is 12.5. The molecule has 208 valence electrons. The van der Waals surface area contributed by atoms with Gasteiger partial charge < -0.3 is 13.6 Å². The Bertz CT molecular complexity index is 1020. The number of unbranched alkanes of at least 4 members (excludes halogenated alkanes) is 2. The van der Waals surface area contributed by atoms with Crippen molar-refractivity contribution in [1.29, 1.82) is 0 Å². The Morgan fingerprint density at radius 1 is 0.816 bits per heavy atom. The third kappa shape index (κ3) is 8.41. The number of methoxy groups -OCH3 is 1. The van der Waals surface area contributed by atoms with Crippen molar-refractivity contribution in [2.24, 2.45) is 0 Å². The number of ether oxygens (including phenoxy) is 1. The number of benzene rings is 2. The average Bonchev–Trinajstić information content (AvgIpc) is 2.86. The molecule has 2 aromatic carbocycles. The second kappa shape index (κ2) is 13.8. The molecule has 0 aliphatic heterocycles. The fourth-order valence-electron chi connectivity index (χ4n) is 4.48. The van der Waals surface area contributed by atoms with Crippen LogP contribution in [0, 0.1) is 11.8 Å². The molecule has 0 radical (unpaired) electrons. The van der Waals surface area contributed by atoms with Crippen LogP contribution in [0.5, 0.6) is 0 Å². The van der Waals surface area contributed by atoms with E-state index in [1.165, 1.54) is 17.5 Å². The standard InChI is InChI=1S/C32H48O4Si2/c1-31(2,3)37(8,9)36-27(24-25-30(33)34-7)19-13-12-18-26-35-38(32(4,5)6,28-20-14-10-15-21-28)29-22-16-11-17-23-29/h10-11,14-17,20-23,27H,12-13,18-19,26H2,1-9H3/t27-/m1/s1. The molecular weight excluding hydrogens is 505 g/mol. The summed E-state index contributed by atoms with van der Waals surface area (Å²) in [6.07, 6.45) is 3.44. The number of hydrogen-bond donors (Lipinski definition) is 0. The first-order valence-electron chi connectivity index (χ1n) is 13.8. The molecule has 0 aliphatic carbocycles. The quantitative estimate of drug-likeness (QED) is 0.102. The van der Waals surface area contributed by atoms with E-state index < -0.39 is 22.6 Å². The first-order valence-corrected chi connectivity index (χ1v) is 18.6. The third-order valence-electron chi connectivity index (χ3n) is 7.61. The highest BCUT2D eigenvalue weighted by Crippen LogP contribution is 2.38. The summed E-state index contributed by atoms with van der Waals surface area (Å²) in [6.45, 7) is 18.7. The molecule has 2 aromatic rings. The van der Waals surface area contributed by atoms with Crippen LogP contribution < -0.4 is 10.4 Å². The molecule has 0 heterocycles. The molecule has 0 fully saturated rings. The lowest BCUT2D eigenvalue weighted by atomic mass is 10.1. The van der Waals surface area contributed by atoms with E-state index in [1.54, 1.807) is 0 Å². The highest BCUT2D eigenvalue weighted by Gasteiger charge is 2.50. The number of rotatable bonds is 11. The zero-order valence-electron chi connectivity index (χ0n) is 25.0. The SMILES string of the molecule is COC(=O)C#C[C@@H](CCCCCO[Si](c1ccccc1)(c1ccccc1)C(C)(C)C)O[Si](C)(C)C(C)(C)C. The molecule has 0 saturated carbocycles. The molecule has 0 aromatic heterocycles. The Morgan fingerprint density at radius 3 is 1.79 bits per heavy atom. The summed E-state index contributed by atoms with van der Waals surface area (Å²) in [5.74, 6) is 5.12. The maximum Gasteiger partial charge on any atom is 0.384 e. The molecule has 0 amide bonds. The van der Waals surface area contributed by atoms with Crippen LogP contribution in [0.2, 0.25) is 23.2 Å². The summed E-state index contributed by atoms with van der Waals surface area (Å²) in [7, 11) is -3.17. The molecule has 0 saturated heterocycles. The lowest BCUT2D eigenvalue weighted by Crippen LogP contribution is -2.66. The van der Waals surface area contributed by atoms with Crippen LogP contribution in [0.15, 0.2) is 60.7 Å². The lowest BCUT2D eigenvalue weighted by molar-refractivity contribution is -0.133. The van der Waals surface area contributed by atoms with Gasteiger partial charge in [0.2, 0.25) is 0 Å². The van der Waals surface area contributed by atoms with E-state index in [-0.39, 0.29) is 16.2 Å². The van der Waals surface area contributed by atoms with E-state index in [0.29, 0.717) is 6.61 Å². The van der Waals surface area contributed by atoms with Gasteiger partial charge in [0.15, 0.2) is 8.32 Å². The van der Waals surface area contributed by atoms with E-state index in [0.717, 1.165) is 25.7 Å². The molecule has 0 bridgehead atoms. The maximum absolute atomic E-state index is 11.7. The van der Waals surface area contributed by atoms with E-state index in [1.807, 2.05) is 0 Å². The van der Waals surface area contributed by atoms with Crippen molar-refractivity contribution in [3.05, 3.63) is 60.7 Å². The van der Waals surface area contributed by atoms with E-state index in [9.17, 15) is 4.79 Å². The number of carbonyl (C=O) groups is 1. The first-order chi connectivity index (χ1) is 17.7. The molecule has 38 heavy (non-hydrogen) atoms. The largest absolute Gasteiger partial charge is 0.459 e. The van der Waals surface area contributed by atoms with Crippen molar-refractivity contribution in [3.8, 4) is 11.8 Å². The molecule has 6 heteroatoms. The highest BCUT2D eigenvalue weighted by atomic mass is 28.4. The van der Waals surface area contributed by atoms with Crippen LogP contribution in [0.3, 0.4) is 0 Å². The van der Waals surface area contributed by atoms with E-state index >= 15 is 0 Å². The topological polar surface area (TPSA) is 44.8 Å². The second-order valence-corrected chi connectivity index (χ2v) is 21.6. The Hall–Kier alpha value is -2.18. The van der Waals surface area contributed by atoms with E-state index in [4.69, 9.17) is 13.6 Å². The highest BCUT2D eigenvalue weighted by molar-refractivity contribution is 6.99. The number of hydrogen-bond acceptors (Lipinski definition) is 4. The minimum Gasteiger partial charge on any atom is -0.459 e. The van der Waals surface area contributed by atoms with Crippen LogP contribution in [-0.4, -0.2) is 42.4 Å². The number of carbonyl (C=O) groups excluding carboxylic acids is 1. The molecule has 0 aliphatic rings. The van der Waals surface area contributed by atoms with Crippen molar-refractivity contribution in [3.63, 3.8) is 0 Å². The molecule has 2 rings (SSSR count). The molecule has 4 nitrogen and oxygen atoms in total. The van der Waals surface area contributed by atoms with Crippen molar-refractivity contribution in [2.75, 3.05) is 13.7 Å². The average molecular weight is 553 g/mol. The lowest BCUT2D eigenvalue weighted by Gasteiger charge is -2.43. The Morgan fingerprint density at radius 2 is 1.34 bits per heavy atom. The zero-order valence-corrected chi connectivity index (χ0v) is 27.0. The summed E-state index contributed by atoms with van der Waals surface area (Å²) < 4.78 is 18.3. The number of esters is 1. The van der Waals surface area contributed by atoms with Gasteiger partial charge in [-0.25, -0.2) is 4.79 Å². The summed E-state index contributed by atoms with van der Waals surface area (Å²) in [5, 5.41) is 2.66. The summed E-state index contributed by atoms with van der Waals surface area (Å²) in [5.41, 5.74) is 0. The van der Waals surface area contributed by atoms with Gasteiger partial charge in [-0.1, -0.05) is 115 Å². The molecular formula is C32H48O4Si2. The molecule has 0 spiro atoms. The fourth-order valence-corrected chi connectivity index (χ4v) is 10.3. The smallest absolute Gasteiger partial charge is 0.384 e. The van der Waals surface area contributed by atoms with Crippen molar-refractivity contribution in [1.82, 2.24) is 0 Å². The van der Waals surface area contributed by atoms with Gasteiger partial charge in [0, 0.05) is 12.5 Å². The minimum atomic E-state index is -2.51. The Balaban J connectivity index is 2.11. The molecule has 0 N–H and O–H groups in total. The normalized spacial score (nSPS) is 13.4. The van der Waals surface area contributed by atoms with Gasteiger partial charge in [-0.15, -0.1) is 0 Å². The molecule has 0 unspecified atom stereocenters. The zero-order chi connectivity index (χ0) is 28.5. The van der Waals surface area contributed by atoms with Crippen LogP contribution in [0.1, 0.15) is 67.2 Å². The minimum absolute atomic E-state index is 0.0265. The molecule has 1 atom stereocenters. The predicted octanol–water partition coefficient (Wildman–Crippen LogP) is 6.69. The van der Waals surface area contributed by atoms with Gasteiger partial charge in [0.1, 0.15) is 6.10 Å². The predicted molar refractivity (Wildman–Crippen MR) is 164 cm³/mol. The Labute approximate surface area is 233 Å². The van der Waals surface area contributed by atoms with Gasteiger partial charge in [-0.2, -0.15) is 0 Å². The van der Waals surface area contributed by atoms with Crippen molar-refractivity contribution < 1.29 is 18.4 Å². The van der Waals surface area contributed by atoms with Gasteiger partial charge in [-0.3, -0.25) is 0 Å². The van der Waals surface area contributed by atoms with E-state index in [2.05, 4.69) is 127 Å². The van der Waals surface area contributed by atoms with Gasteiger partial charge in [-0.05, 0) is 52.8 Å². The van der Waals surface area contributed by atoms with Gasteiger partial charge in [0.25, 0.3) is 8.32 Å². The monoisotopic (exact) mass is 552 g/mol. The summed E-state index contributed by atoms with van der Waals surface area (Å²) >= 11 is 0.